The molecule has 0 saturated heterocycles. The van der Waals surface area contributed by atoms with Gasteiger partial charge in [-0.1, -0.05) is 32.9 Å². The summed E-state index contributed by atoms with van der Waals surface area (Å²) in [6.45, 7) is 6.92. The van der Waals surface area contributed by atoms with Gasteiger partial charge in [-0.15, -0.1) is 0 Å². The molecule has 1 amide bonds. The Kier molecular flexibility index (Phi) is 5.87. The first-order chi connectivity index (χ1) is 13.7. The lowest BCUT2D eigenvalue weighted by Crippen LogP contribution is -2.28. The number of amides is 1. The topological polar surface area (TPSA) is 104 Å². The van der Waals surface area contributed by atoms with Gasteiger partial charge in [0, 0.05) is 12.1 Å². The van der Waals surface area contributed by atoms with Crippen molar-refractivity contribution in [3.05, 3.63) is 68.7 Å². The van der Waals surface area contributed by atoms with E-state index >= 15 is 0 Å². The molecule has 152 valence electrons. The summed E-state index contributed by atoms with van der Waals surface area (Å²) in [5.74, 6) is 0.633. The van der Waals surface area contributed by atoms with Crippen molar-refractivity contribution < 1.29 is 9.53 Å². The van der Waals surface area contributed by atoms with Crippen LogP contribution in [0.3, 0.4) is 0 Å². The Morgan fingerprint density at radius 1 is 0.966 bits per heavy atom. The van der Waals surface area contributed by atoms with Crippen molar-refractivity contribution in [3.63, 3.8) is 0 Å². The zero-order chi connectivity index (χ0) is 21.0. The molecule has 2 aromatic carbocycles. The van der Waals surface area contributed by atoms with Crippen LogP contribution in [-0.4, -0.2) is 22.5 Å². The van der Waals surface area contributed by atoms with Crippen LogP contribution in [-0.2, 0) is 10.2 Å². The fraction of sp³-hybridized carbons (Fsp3) is 0.318. The van der Waals surface area contributed by atoms with Gasteiger partial charge in [-0.05, 0) is 47.7 Å². The van der Waals surface area contributed by atoms with E-state index in [0.29, 0.717) is 36.2 Å². The highest BCUT2D eigenvalue weighted by Gasteiger charge is 2.13. The Balaban J connectivity index is 1.49. The molecule has 1 heterocycles. The standard InChI is InChI=1S/C22H25N3O4/c1-22(2,3)14-6-9-16(10-7-14)29-12-4-5-19(26)23-15-8-11-17-18(13-15)25-21(28)20(27)24-17/h6-11,13H,4-5,12H2,1-3H3,(H,23,26)(H,24,27)(H,25,28). The van der Waals surface area contributed by atoms with Gasteiger partial charge in [0.05, 0.1) is 17.6 Å². The minimum atomic E-state index is -0.728. The van der Waals surface area contributed by atoms with Crippen molar-refractivity contribution >= 4 is 22.6 Å². The molecule has 0 aliphatic heterocycles. The molecule has 0 aliphatic rings. The number of aromatic nitrogens is 2. The summed E-state index contributed by atoms with van der Waals surface area (Å²) in [6, 6.07) is 12.9. The first-order valence-corrected chi connectivity index (χ1v) is 9.52. The average molecular weight is 395 g/mol. The van der Waals surface area contributed by atoms with Gasteiger partial charge in [0.1, 0.15) is 5.75 Å². The van der Waals surface area contributed by atoms with Crippen molar-refractivity contribution in [2.75, 3.05) is 11.9 Å². The van der Waals surface area contributed by atoms with Gasteiger partial charge < -0.3 is 20.0 Å². The second-order valence-electron chi connectivity index (χ2n) is 7.94. The summed E-state index contributed by atoms with van der Waals surface area (Å²) in [6.07, 6.45) is 0.880. The van der Waals surface area contributed by atoms with Crippen LogP contribution in [0.2, 0.25) is 0 Å². The minimum Gasteiger partial charge on any atom is -0.494 e. The maximum atomic E-state index is 12.1. The average Bonchev–Trinajstić information content (AvgIpc) is 2.66. The van der Waals surface area contributed by atoms with Crippen LogP contribution in [0.15, 0.2) is 52.1 Å². The summed E-state index contributed by atoms with van der Waals surface area (Å²) in [5.41, 5.74) is 1.40. The number of fused-ring (bicyclic) bond motifs is 1. The number of nitrogens with one attached hydrogen (secondary N) is 3. The van der Waals surface area contributed by atoms with Crippen LogP contribution in [0.5, 0.6) is 5.75 Å². The molecule has 29 heavy (non-hydrogen) atoms. The fourth-order valence-electron chi connectivity index (χ4n) is 2.89. The molecule has 0 bridgehead atoms. The maximum Gasteiger partial charge on any atom is 0.314 e. The first-order valence-electron chi connectivity index (χ1n) is 9.52. The molecular weight excluding hydrogens is 370 g/mol. The molecule has 0 spiro atoms. The molecule has 7 heteroatoms. The Labute approximate surface area is 168 Å². The number of carbonyl (C=O) groups is 1. The Bertz CT molecular complexity index is 1120. The summed E-state index contributed by atoms with van der Waals surface area (Å²) in [7, 11) is 0. The second kappa shape index (κ2) is 8.34. The van der Waals surface area contributed by atoms with E-state index in [-0.39, 0.29) is 11.3 Å². The van der Waals surface area contributed by atoms with Gasteiger partial charge in [0.15, 0.2) is 0 Å². The third-order valence-electron chi connectivity index (χ3n) is 4.54. The molecule has 0 saturated carbocycles. The lowest BCUT2D eigenvalue weighted by molar-refractivity contribution is -0.116. The molecule has 0 radical (unpaired) electrons. The van der Waals surface area contributed by atoms with Crippen LogP contribution in [0, 0.1) is 0 Å². The zero-order valence-electron chi connectivity index (χ0n) is 16.8. The Hall–Kier alpha value is -3.35. The summed E-state index contributed by atoms with van der Waals surface area (Å²) in [5, 5.41) is 2.78. The van der Waals surface area contributed by atoms with Gasteiger partial charge in [0.2, 0.25) is 5.91 Å². The molecule has 7 nitrogen and oxygen atoms in total. The van der Waals surface area contributed by atoms with Crippen molar-refractivity contribution in [1.82, 2.24) is 9.97 Å². The van der Waals surface area contributed by atoms with Crippen LogP contribution in [0.4, 0.5) is 5.69 Å². The van der Waals surface area contributed by atoms with Crippen molar-refractivity contribution in [2.24, 2.45) is 0 Å². The predicted octanol–water partition coefficient (Wildman–Crippen LogP) is 3.31. The van der Waals surface area contributed by atoms with E-state index in [2.05, 4.69) is 48.2 Å². The first kappa shape index (κ1) is 20.4. The van der Waals surface area contributed by atoms with Crippen molar-refractivity contribution in [3.8, 4) is 5.75 Å². The van der Waals surface area contributed by atoms with Gasteiger partial charge in [-0.2, -0.15) is 0 Å². The third kappa shape index (κ3) is 5.34. The van der Waals surface area contributed by atoms with Crippen LogP contribution in [0.25, 0.3) is 11.0 Å². The SMILES string of the molecule is CC(C)(C)c1ccc(OCCCC(=O)Nc2ccc3[nH]c(=O)c(=O)[nH]c3c2)cc1. The van der Waals surface area contributed by atoms with Gasteiger partial charge >= 0.3 is 11.1 Å². The lowest BCUT2D eigenvalue weighted by Gasteiger charge is -2.19. The number of ether oxygens (including phenoxy) is 1. The Morgan fingerprint density at radius 3 is 2.28 bits per heavy atom. The summed E-state index contributed by atoms with van der Waals surface area (Å²) in [4.78, 5) is 39.9. The van der Waals surface area contributed by atoms with E-state index in [9.17, 15) is 14.4 Å². The van der Waals surface area contributed by atoms with Crippen LogP contribution >= 0.6 is 0 Å². The number of anilines is 1. The van der Waals surface area contributed by atoms with E-state index < -0.39 is 11.1 Å². The lowest BCUT2D eigenvalue weighted by atomic mass is 9.87. The molecule has 1 aromatic heterocycles. The predicted molar refractivity (Wildman–Crippen MR) is 114 cm³/mol. The largest absolute Gasteiger partial charge is 0.494 e. The van der Waals surface area contributed by atoms with Gasteiger partial charge in [-0.3, -0.25) is 14.4 Å². The van der Waals surface area contributed by atoms with Crippen LogP contribution < -0.4 is 21.2 Å². The number of aromatic amines is 2. The molecular formula is C22H25N3O4. The summed E-state index contributed by atoms with van der Waals surface area (Å²) < 4.78 is 5.70. The molecule has 0 aliphatic carbocycles. The monoisotopic (exact) mass is 395 g/mol. The number of hydrogen-bond acceptors (Lipinski definition) is 4. The van der Waals surface area contributed by atoms with E-state index in [1.807, 2.05) is 12.1 Å². The van der Waals surface area contributed by atoms with Gasteiger partial charge in [0.25, 0.3) is 0 Å². The van der Waals surface area contributed by atoms with E-state index in [0.717, 1.165) is 5.75 Å². The van der Waals surface area contributed by atoms with Crippen molar-refractivity contribution in [1.29, 1.82) is 0 Å². The number of benzene rings is 2. The fourth-order valence-corrected chi connectivity index (χ4v) is 2.89. The molecule has 0 fully saturated rings. The number of H-pyrrole nitrogens is 2. The smallest absolute Gasteiger partial charge is 0.314 e. The summed E-state index contributed by atoms with van der Waals surface area (Å²) >= 11 is 0. The maximum absolute atomic E-state index is 12.1. The zero-order valence-corrected chi connectivity index (χ0v) is 16.8. The van der Waals surface area contributed by atoms with Crippen molar-refractivity contribution in [2.45, 2.75) is 39.0 Å². The number of hydrogen-bond donors (Lipinski definition) is 3. The minimum absolute atomic E-state index is 0.0989. The second-order valence-corrected chi connectivity index (χ2v) is 7.94. The molecule has 3 aromatic rings. The Morgan fingerprint density at radius 2 is 1.62 bits per heavy atom. The molecule has 3 rings (SSSR count). The third-order valence-corrected chi connectivity index (χ3v) is 4.54. The number of carbonyl (C=O) groups excluding carboxylic acids is 1. The van der Waals surface area contributed by atoms with Crippen LogP contribution in [0.1, 0.15) is 39.2 Å². The van der Waals surface area contributed by atoms with E-state index in [1.54, 1.807) is 18.2 Å². The van der Waals surface area contributed by atoms with E-state index in [1.165, 1.54) is 5.56 Å². The quantitative estimate of drug-likeness (QED) is 0.440. The molecule has 0 atom stereocenters. The highest BCUT2D eigenvalue weighted by Crippen LogP contribution is 2.24. The van der Waals surface area contributed by atoms with E-state index in [4.69, 9.17) is 4.74 Å². The number of rotatable bonds is 6. The van der Waals surface area contributed by atoms with Gasteiger partial charge in [-0.25, -0.2) is 0 Å². The molecule has 3 N–H and O–H groups in total. The molecule has 0 unspecified atom stereocenters. The highest BCUT2D eigenvalue weighted by atomic mass is 16.5. The normalized spacial score (nSPS) is 11.4. The highest BCUT2D eigenvalue weighted by molar-refractivity contribution is 5.92.